The van der Waals surface area contributed by atoms with E-state index in [1.54, 1.807) is 18.2 Å². The van der Waals surface area contributed by atoms with E-state index in [0.717, 1.165) is 28.1 Å². The first kappa shape index (κ1) is 19.8. The number of carbonyl (C=O) groups excluding carboxylic acids is 3. The van der Waals surface area contributed by atoms with Crippen LogP contribution in [0.1, 0.15) is 0 Å². The van der Waals surface area contributed by atoms with E-state index in [-0.39, 0.29) is 12.2 Å². The van der Waals surface area contributed by atoms with E-state index in [1.807, 2.05) is 0 Å². The van der Waals surface area contributed by atoms with Gasteiger partial charge in [-0.2, -0.15) is 5.11 Å². The first-order valence-corrected chi connectivity index (χ1v) is 9.62. The summed E-state index contributed by atoms with van der Waals surface area (Å²) in [4.78, 5) is 38.7. The number of anilines is 2. The molecule has 3 amide bonds. The topological polar surface area (TPSA) is 113 Å². The van der Waals surface area contributed by atoms with Gasteiger partial charge in [-0.3, -0.25) is 19.4 Å². The van der Waals surface area contributed by atoms with Crippen molar-refractivity contribution in [3.05, 3.63) is 48.0 Å². The molecular formula is C20H15F2N5O5. The average molecular weight is 443 g/mol. The van der Waals surface area contributed by atoms with Crippen LogP contribution in [0, 0.1) is 11.6 Å². The molecule has 0 aliphatic carbocycles. The molecular weight excluding hydrogens is 428 g/mol. The van der Waals surface area contributed by atoms with Gasteiger partial charge in [-0.25, -0.2) is 13.7 Å². The molecule has 0 spiro atoms. The lowest BCUT2D eigenvalue weighted by molar-refractivity contribution is -0.123. The fourth-order valence-electron chi connectivity index (χ4n) is 3.70. The van der Waals surface area contributed by atoms with E-state index in [2.05, 4.69) is 15.7 Å². The third-order valence-electron chi connectivity index (χ3n) is 5.15. The molecule has 12 heteroatoms. The van der Waals surface area contributed by atoms with Crippen molar-refractivity contribution in [3.63, 3.8) is 0 Å². The number of imide groups is 1. The number of nitrogens with one attached hydrogen (secondary N) is 1. The Bertz CT molecular complexity index is 1170. The van der Waals surface area contributed by atoms with Gasteiger partial charge in [0.25, 0.3) is 11.8 Å². The number of hydrogen-bond acceptors (Lipinski definition) is 8. The van der Waals surface area contributed by atoms with E-state index in [9.17, 15) is 23.2 Å². The van der Waals surface area contributed by atoms with Crippen molar-refractivity contribution in [2.24, 2.45) is 10.3 Å². The Balaban J connectivity index is 1.29. The highest BCUT2D eigenvalue weighted by Crippen LogP contribution is 2.34. The Morgan fingerprint density at radius 1 is 1.03 bits per heavy atom. The van der Waals surface area contributed by atoms with Crippen molar-refractivity contribution >= 4 is 29.1 Å². The molecule has 164 valence electrons. The summed E-state index contributed by atoms with van der Waals surface area (Å²) in [7, 11) is 0. The van der Waals surface area contributed by atoms with Crippen LogP contribution in [-0.4, -0.2) is 54.6 Å². The molecule has 3 aliphatic rings. The zero-order valence-electron chi connectivity index (χ0n) is 16.3. The molecule has 2 atom stereocenters. The monoisotopic (exact) mass is 443 g/mol. The molecule has 0 aromatic heterocycles. The largest absolute Gasteiger partial charge is 0.486 e. The van der Waals surface area contributed by atoms with Crippen molar-refractivity contribution in [2.75, 3.05) is 30.0 Å². The second kappa shape index (κ2) is 7.55. The van der Waals surface area contributed by atoms with Gasteiger partial charge >= 0.3 is 0 Å². The lowest BCUT2D eigenvalue weighted by atomic mass is 10.1. The molecule has 5 rings (SSSR count). The predicted molar refractivity (Wildman–Crippen MR) is 104 cm³/mol. The lowest BCUT2D eigenvalue weighted by Gasteiger charge is -2.21. The van der Waals surface area contributed by atoms with Gasteiger partial charge in [0.1, 0.15) is 19.8 Å². The molecule has 32 heavy (non-hydrogen) atoms. The fraction of sp³-hybridized carbons (Fsp3) is 0.250. The standard InChI is InChI=1S/C20H15F2N5O5/c21-12-3-2-11(8-13(12)22)27-19(29)17-18(20(27)30)26(25-24-17)9-16(28)23-10-1-4-14-15(7-10)32-6-5-31-14/h1-4,7-8,17-18H,5-6,9H2,(H,23,28)/t17-,18-/m1/s1. The maximum Gasteiger partial charge on any atom is 0.263 e. The van der Waals surface area contributed by atoms with Crippen molar-refractivity contribution in [3.8, 4) is 11.5 Å². The lowest BCUT2D eigenvalue weighted by Crippen LogP contribution is -2.43. The SMILES string of the molecule is O=C(CN1N=N[C@H]2C(=O)N(c3ccc(F)c(F)c3)C(=O)[C@@H]21)Nc1ccc2c(c1)OCCO2. The van der Waals surface area contributed by atoms with Crippen molar-refractivity contribution in [1.29, 1.82) is 0 Å². The number of benzene rings is 2. The van der Waals surface area contributed by atoms with E-state index in [1.165, 1.54) is 0 Å². The summed E-state index contributed by atoms with van der Waals surface area (Å²) in [5.41, 5.74) is 0.327. The second-order valence-electron chi connectivity index (χ2n) is 7.21. The minimum Gasteiger partial charge on any atom is -0.486 e. The van der Waals surface area contributed by atoms with Crippen molar-refractivity contribution in [1.82, 2.24) is 5.01 Å². The molecule has 1 saturated heterocycles. The van der Waals surface area contributed by atoms with Crippen LogP contribution in [0.4, 0.5) is 20.2 Å². The van der Waals surface area contributed by atoms with Crippen LogP contribution in [0.3, 0.4) is 0 Å². The molecule has 10 nitrogen and oxygen atoms in total. The van der Waals surface area contributed by atoms with Gasteiger partial charge in [-0.1, -0.05) is 5.22 Å². The molecule has 3 heterocycles. The summed E-state index contributed by atoms with van der Waals surface area (Å²) in [5, 5.41) is 11.3. The number of nitrogens with zero attached hydrogens (tertiary/aromatic N) is 4. The molecule has 0 unspecified atom stereocenters. The third kappa shape index (κ3) is 3.29. The molecule has 2 aromatic rings. The highest BCUT2D eigenvalue weighted by Gasteiger charge is 2.55. The van der Waals surface area contributed by atoms with Gasteiger partial charge in [0.15, 0.2) is 35.2 Å². The van der Waals surface area contributed by atoms with E-state index in [4.69, 9.17) is 9.47 Å². The summed E-state index contributed by atoms with van der Waals surface area (Å²) in [6.07, 6.45) is 0. The number of ether oxygens (including phenoxy) is 2. The van der Waals surface area contributed by atoms with Crippen molar-refractivity contribution in [2.45, 2.75) is 12.1 Å². The van der Waals surface area contributed by atoms with Crippen LogP contribution < -0.4 is 19.7 Å². The van der Waals surface area contributed by atoms with Crippen LogP contribution >= 0.6 is 0 Å². The summed E-state index contributed by atoms with van der Waals surface area (Å²) in [6.45, 7) is 0.478. The summed E-state index contributed by atoms with van der Waals surface area (Å²) in [5.74, 6) is -3.21. The number of rotatable bonds is 4. The van der Waals surface area contributed by atoms with Crippen molar-refractivity contribution < 1.29 is 32.6 Å². The molecule has 0 bridgehead atoms. The summed E-state index contributed by atoms with van der Waals surface area (Å²) >= 11 is 0. The van der Waals surface area contributed by atoms with Gasteiger partial charge in [0.05, 0.1) is 5.69 Å². The smallest absolute Gasteiger partial charge is 0.263 e. The summed E-state index contributed by atoms with van der Waals surface area (Å²) < 4.78 is 37.7. The molecule has 0 saturated carbocycles. The number of halogens is 2. The first-order valence-electron chi connectivity index (χ1n) is 9.62. The summed E-state index contributed by atoms with van der Waals surface area (Å²) in [6, 6.07) is 5.27. The fourth-order valence-corrected chi connectivity index (χ4v) is 3.70. The number of fused-ring (bicyclic) bond motifs is 2. The normalized spacial score (nSPS) is 21.2. The Morgan fingerprint density at radius 2 is 1.81 bits per heavy atom. The van der Waals surface area contributed by atoms with Crippen LogP contribution in [0.2, 0.25) is 0 Å². The Kier molecular flexibility index (Phi) is 4.68. The van der Waals surface area contributed by atoms with Gasteiger partial charge in [-0.05, 0) is 24.3 Å². The Labute approximate surface area is 179 Å². The van der Waals surface area contributed by atoms with Crippen LogP contribution in [0.5, 0.6) is 11.5 Å². The van der Waals surface area contributed by atoms with E-state index < -0.39 is 41.4 Å². The predicted octanol–water partition coefficient (Wildman–Crippen LogP) is 1.67. The minimum absolute atomic E-state index is 0.121. The first-order chi connectivity index (χ1) is 15.4. The van der Waals surface area contributed by atoms with Gasteiger partial charge in [-0.15, -0.1) is 0 Å². The minimum atomic E-state index is -1.20. The maximum atomic E-state index is 13.6. The quantitative estimate of drug-likeness (QED) is 0.720. The van der Waals surface area contributed by atoms with Gasteiger partial charge < -0.3 is 14.8 Å². The highest BCUT2D eigenvalue weighted by atomic mass is 19.2. The maximum absolute atomic E-state index is 13.6. The zero-order valence-corrected chi connectivity index (χ0v) is 16.3. The second-order valence-corrected chi connectivity index (χ2v) is 7.21. The van der Waals surface area contributed by atoms with Crippen LogP contribution in [0.15, 0.2) is 46.7 Å². The van der Waals surface area contributed by atoms with Gasteiger partial charge in [0, 0.05) is 17.8 Å². The molecule has 1 N–H and O–H groups in total. The molecule has 1 fully saturated rings. The van der Waals surface area contributed by atoms with Gasteiger partial charge in [0.2, 0.25) is 5.91 Å². The van der Waals surface area contributed by atoms with Crippen LogP contribution in [-0.2, 0) is 14.4 Å². The molecule has 0 radical (unpaired) electrons. The van der Waals surface area contributed by atoms with E-state index in [0.29, 0.717) is 30.4 Å². The number of hydrogen-bond donors (Lipinski definition) is 1. The Morgan fingerprint density at radius 3 is 2.59 bits per heavy atom. The number of carbonyl (C=O) groups is 3. The number of amides is 3. The highest BCUT2D eigenvalue weighted by molar-refractivity contribution is 6.25. The zero-order chi connectivity index (χ0) is 22.4. The Hall–Kier alpha value is -4.09. The average Bonchev–Trinajstić information content (AvgIpc) is 3.29. The third-order valence-corrected chi connectivity index (χ3v) is 5.15. The van der Waals surface area contributed by atoms with E-state index >= 15 is 0 Å². The molecule has 2 aromatic carbocycles. The van der Waals surface area contributed by atoms with Crippen LogP contribution in [0.25, 0.3) is 0 Å². The molecule has 3 aliphatic heterocycles.